The van der Waals surface area contributed by atoms with Gasteiger partial charge in [-0.1, -0.05) is 13.8 Å². The molecule has 0 saturated heterocycles. The normalized spacial score (nSPS) is 16.5. The Kier molecular flexibility index (Phi) is 5.82. The number of likely N-dealkylation sites (N-methyl/N-ethyl adjacent to an activating group) is 1. The van der Waals surface area contributed by atoms with Gasteiger partial charge in [0.2, 0.25) is 0 Å². The van der Waals surface area contributed by atoms with E-state index in [0.717, 1.165) is 26.1 Å². The summed E-state index contributed by atoms with van der Waals surface area (Å²) in [6.07, 6.45) is 2.83. The van der Waals surface area contributed by atoms with E-state index >= 15 is 0 Å². The van der Waals surface area contributed by atoms with Crippen LogP contribution in [0.3, 0.4) is 0 Å². The highest BCUT2D eigenvalue weighted by molar-refractivity contribution is 5.12. The average Bonchev–Trinajstić information content (AvgIpc) is 2.83. The Morgan fingerprint density at radius 3 is 2.61 bits per heavy atom. The first-order valence-electron chi connectivity index (χ1n) is 7.01. The minimum atomic E-state index is -0.197. The van der Waals surface area contributed by atoms with E-state index in [1.54, 1.807) is 0 Å². The number of nitrogens with one attached hydrogen (secondary N) is 1. The van der Waals surface area contributed by atoms with Crippen molar-refractivity contribution in [2.45, 2.75) is 59.2 Å². The summed E-state index contributed by atoms with van der Waals surface area (Å²) in [5, 5.41) is 7.92. The maximum absolute atomic E-state index is 6.01. The fourth-order valence-electron chi connectivity index (χ4n) is 2.41. The lowest BCUT2D eigenvalue weighted by Crippen LogP contribution is -2.44. The molecule has 1 heterocycles. The van der Waals surface area contributed by atoms with Gasteiger partial charge < -0.3 is 10.1 Å². The van der Waals surface area contributed by atoms with Gasteiger partial charge >= 0.3 is 0 Å². The van der Waals surface area contributed by atoms with E-state index in [9.17, 15) is 0 Å². The minimum absolute atomic E-state index is 0.176. The standard InChI is InChI=1S/C14H27N3O/c1-6-14(5,18-9-4)13(15-7-2)12-10-11-16-17(12)8-3/h10-11,13,15H,6-9H2,1-5H3. The van der Waals surface area contributed by atoms with Crippen molar-refractivity contribution in [2.24, 2.45) is 0 Å². The Morgan fingerprint density at radius 2 is 2.11 bits per heavy atom. The summed E-state index contributed by atoms with van der Waals surface area (Å²) >= 11 is 0. The Bertz CT molecular complexity index is 351. The molecule has 0 spiro atoms. The Balaban J connectivity index is 3.07. The maximum Gasteiger partial charge on any atom is 0.0860 e. The Morgan fingerprint density at radius 1 is 1.39 bits per heavy atom. The van der Waals surface area contributed by atoms with Gasteiger partial charge in [0.25, 0.3) is 0 Å². The van der Waals surface area contributed by atoms with Crippen LogP contribution in [0.5, 0.6) is 0 Å². The molecule has 104 valence electrons. The van der Waals surface area contributed by atoms with E-state index in [4.69, 9.17) is 4.74 Å². The molecule has 1 rings (SSSR count). The number of hydrogen-bond donors (Lipinski definition) is 1. The molecule has 0 aliphatic carbocycles. The van der Waals surface area contributed by atoms with Crippen molar-refractivity contribution in [3.05, 3.63) is 18.0 Å². The number of hydrogen-bond acceptors (Lipinski definition) is 3. The van der Waals surface area contributed by atoms with E-state index < -0.39 is 0 Å². The third-order valence-corrected chi connectivity index (χ3v) is 3.54. The van der Waals surface area contributed by atoms with Crippen LogP contribution in [0.1, 0.15) is 52.8 Å². The van der Waals surface area contributed by atoms with Crippen LogP contribution in [-0.2, 0) is 11.3 Å². The minimum Gasteiger partial charge on any atom is -0.374 e. The summed E-state index contributed by atoms with van der Waals surface area (Å²) in [7, 11) is 0. The van der Waals surface area contributed by atoms with Gasteiger partial charge in [-0.25, -0.2) is 0 Å². The Labute approximate surface area is 111 Å². The molecule has 18 heavy (non-hydrogen) atoms. The fourth-order valence-corrected chi connectivity index (χ4v) is 2.41. The zero-order valence-electron chi connectivity index (χ0n) is 12.4. The van der Waals surface area contributed by atoms with Gasteiger partial charge in [-0.3, -0.25) is 4.68 Å². The average molecular weight is 253 g/mol. The molecule has 0 saturated carbocycles. The molecule has 0 fully saturated rings. The summed E-state index contributed by atoms with van der Waals surface area (Å²) in [6.45, 7) is 13.2. The number of ether oxygens (including phenoxy) is 1. The van der Waals surface area contributed by atoms with Crippen LogP contribution < -0.4 is 5.32 Å². The molecule has 0 aliphatic heterocycles. The third kappa shape index (κ3) is 3.12. The first-order valence-corrected chi connectivity index (χ1v) is 7.01. The Hall–Kier alpha value is -0.870. The number of aryl methyl sites for hydroxylation is 1. The molecule has 1 N–H and O–H groups in total. The quantitative estimate of drug-likeness (QED) is 0.774. The lowest BCUT2D eigenvalue weighted by molar-refractivity contribution is -0.0578. The molecule has 0 bridgehead atoms. The summed E-state index contributed by atoms with van der Waals surface area (Å²) in [4.78, 5) is 0. The second-order valence-electron chi connectivity index (χ2n) is 4.66. The van der Waals surface area contributed by atoms with E-state index in [1.165, 1.54) is 5.69 Å². The highest BCUT2D eigenvalue weighted by atomic mass is 16.5. The van der Waals surface area contributed by atoms with Crippen LogP contribution in [0.25, 0.3) is 0 Å². The molecule has 1 aromatic heterocycles. The first-order chi connectivity index (χ1) is 8.62. The highest BCUT2D eigenvalue weighted by Crippen LogP contribution is 2.32. The van der Waals surface area contributed by atoms with Gasteiger partial charge in [-0.05, 0) is 39.8 Å². The predicted octanol–water partition coefficient (Wildman–Crippen LogP) is 2.76. The number of nitrogens with zero attached hydrogens (tertiary/aromatic N) is 2. The van der Waals surface area contributed by atoms with Crippen molar-refractivity contribution < 1.29 is 4.74 Å². The fraction of sp³-hybridized carbons (Fsp3) is 0.786. The zero-order chi connectivity index (χ0) is 13.6. The van der Waals surface area contributed by atoms with Gasteiger partial charge in [0.1, 0.15) is 0 Å². The van der Waals surface area contributed by atoms with E-state index in [1.807, 2.05) is 17.8 Å². The van der Waals surface area contributed by atoms with Gasteiger partial charge in [0, 0.05) is 19.3 Å². The maximum atomic E-state index is 6.01. The molecule has 1 aromatic rings. The van der Waals surface area contributed by atoms with Crippen molar-refractivity contribution in [3.63, 3.8) is 0 Å². The number of rotatable bonds is 8. The lowest BCUT2D eigenvalue weighted by atomic mass is 9.90. The van der Waals surface area contributed by atoms with Gasteiger partial charge in [0.05, 0.1) is 17.3 Å². The van der Waals surface area contributed by atoms with Crippen LogP contribution in [0, 0.1) is 0 Å². The van der Waals surface area contributed by atoms with Crippen LogP contribution in [0.4, 0.5) is 0 Å². The van der Waals surface area contributed by atoms with Gasteiger partial charge in [-0.15, -0.1) is 0 Å². The third-order valence-electron chi connectivity index (χ3n) is 3.54. The summed E-state index contributed by atoms with van der Waals surface area (Å²) in [5.74, 6) is 0. The molecule has 2 atom stereocenters. The molecule has 4 heteroatoms. The smallest absolute Gasteiger partial charge is 0.0860 e. The van der Waals surface area contributed by atoms with Crippen molar-refractivity contribution in [1.29, 1.82) is 0 Å². The summed E-state index contributed by atoms with van der Waals surface area (Å²) < 4.78 is 8.05. The van der Waals surface area contributed by atoms with Crippen LogP contribution in [-0.4, -0.2) is 28.5 Å². The molecular formula is C14H27N3O. The topological polar surface area (TPSA) is 39.1 Å². The molecule has 0 radical (unpaired) electrons. The SMILES string of the molecule is CCNC(c1ccnn1CC)C(C)(CC)OCC. The first kappa shape index (κ1) is 15.2. The van der Waals surface area contributed by atoms with Gasteiger partial charge in [-0.2, -0.15) is 5.10 Å². The summed E-state index contributed by atoms with van der Waals surface area (Å²) in [6, 6.07) is 2.26. The lowest BCUT2D eigenvalue weighted by Gasteiger charge is -2.37. The van der Waals surface area contributed by atoms with E-state index in [0.29, 0.717) is 0 Å². The van der Waals surface area contributed by atoms with Crippen LogP contribution in [0.15, 0.2) is 12.3 Å². The summed E-state index contributed by atoms with van der Waals surface area (Å²) in [5.41, 5.74) is 1.01. The highest BCUT2D eigenvalue weighted by Gasteiger charge is 2.35. The second kappa shape index (κ2) is 6.90. The molecule has 0 amide bonds. The zero-order valence-corrected chi connectivity index (χ0v) is 12.4. The van der Waals surface area contributed by atoms with Crippen molar-refractivity contribution in [3.8, 4) is 0 Å². The molecule has 2 unspecified atom stereocenters. The van der Waals surface area contributed by atoms with E-state index in [-0.39, 0.29) is 11.6 Å². The predicted molar refractivity (Wildman–Crippen MR) is 74.6 cm³/mol. The van der Waals surface area contributed by atoms with Gasteiger partial charge in [0.15, 0.2) is 0 Å². The number of aromatic nitrogens is 2. The van der Waals surface area contributed by atoms with Crippen LogP contribution in [0.2, 0.25) is 0 Å². The molecule has 4 nitrogen and oxygen atoms in total. The monoisotopic (exact) mass is 253 g/mol. The molecular weight excluding hydrogens is 226 g/mol. The van der Waals surface area contributed by atoms with Crippen molar-refractivity contribution in [2.75, 3.05) is 13.2 Å². The van der Waals surface area contributed by atoms with Crippen molar-refractivity contribution >= 4 is 0 Å². The van der Waals surface area contributed by atoms with Crippen molar-refractivity contribution in [1.82, 2.24) is 15.1 Å². The van der Waals surface area contributed by atoms with E-state index in [2.05, 4.69) is 44.2 Å². The van der Waals surface area contributed by atoms with Crippen LogP contribution >= 0.6 is 0 Å². The second-order valence-corrected chi connectivity index (χ2v) is 4.66. The molecule has 0 aliphatic rings. The largest absolute Gasteiger partial charge is 0.374 e. The molecule has 0 aromatic carbocycles.